The van der Waals surface area contributed by atoms with Crippen LogP contribution in [0.15, 0.2) is 0 Å². The largest absolute Gasteiger partial charge is 0.481 e. The van der Waals surface area contributed by atoms with Gasteiger partial charge in [0.15, 0.2) is 9.84 Å². The topological polar surface area (TPSA) is 91.7 Å². The van der Waals surface area contributed by atoms with E-state index in [1.165, 1.54) is 0 Å². The Hall–Kier alpha value is -0.620. The molecule has 1 aliphatic carbocycles. The van der Waals surface area contributed by atoms with Gasteiger partial charge in [0.25, 0.3) is 0 Å². The average molecular weight is 220 g/mol. The zero-order valence-electron chi connectivity index (χ0n) is 7.46. The number of aliphatic carboxylic acids is 1. The fourth-order valence-corrected chi connectivity index (χ4v) is 5.02. The standard InChI is InChI=1S/C8H12O5S/c9-1-4-5-2-14(12,13)3-6(5)7(4)8(10)11/h4-7,9H,1-3H2,(H,10,11). The molecule has 1 saturated carbocycles. The van der Waals surface area contributed by atoms with Crippen molar-refractivity contribution in [3.63, 3.8) is 0 Å². The zero-order chi connectivity index (χ0) is 10.5. The molecular formula is C8H12O5S. The molecule has 0 aromatic carbocycles. The van der Waals surface area contributed by atoms with Gasteiger partial charge < -0.3 is 10.2 Å². The molecule has 2 N–H and O–H groups in total. The number of aliphatic hydroxyl groups is 1. The predicted octanol–water partition coefficient (Wildman–Crippen LogP) is -1.03. The first-order valence-electron chi connectivity index (χ1n) is 4.50. The molecular weight excluding hydrogens is 208 g/mol. The van der Waals surface area contributed by atoms with E-state index in [0.29, 0.717) is 0 Å². The molecule has 6 heteroatoms. The Balaban J connectivity index is 2.21. The van der Waals surface area contributed by atoms with Crippen molar-refractivity contribution >= 4 is 15.8 Å². The van der Waals surface area contributed by atoms with Gasteiger partial charge in [-0.1, -0.05) is 0 Å². The molecule has 2 aliphatic rings. The van der Waals surface area contributed by atoms with Crippen LogP contribution >= 0.6 is 0 Å². The quantitative estimate of drug-likeness (QED) is 0.621. The van der Waals surface area contributed by atoms with Crippen molar-refractivity contribution in [2.24, 2.45) is 23.7 Å². The van der Waals surface area contributed by atoms with Gasteiger partial charge in [0.2, 0.25) is 0 Å². The highest BCUT2D eigenvalue weighted by atomic mass is 32.2. The van der Waals surface area contributed by atoms with Crippen molar-refractivity contribution in [1.82, 2.24) is 0 Å². The molecule has 0 radical (unpaired) electrons. The highest BCUT2D eigenvalue weighted by Crippen LogP contribution is 2.51. The van der Waals surface area contributed by atoms with Crippen molar-refractivity contribution in [2.75, 3.05) is 18.1 Å². The van der Waals surface area contributed by atoms with Crippen molar-refractivity contribution in [1.29, 1.82) is 0 Å². The first kappa shape index (κ1) is 9.92. The Morgan fingerprint density at radius 2 is 1.86 bits per heavy atom. The minimum Gasteiger partial charge on any atom is -0.481 e. The van der Waals surface area contributed by atoms with Crippen LogP contribution in [-0.4, -0.2) is 42.7 Å². The second kappa shape index (κ2) is 2.93. The number of aliphatic hydroxyl groups excluding tert-OH is 1. The monoisotopic (exact) mass is 220 g/mol. The van der Waals surface area contributed by atoms with Gasteiger partial charge in [0.05, 0.1) is 17.4 Å². The first-order valence-corrected chi connectivity index (χ1v) is 6.32. The molecule has 4 unspecified atom stereocenters. The van der Waals surface area contributed by atoms with Crippen molar-refractivity contribution in [3.8, 4) is 0 Å². The van der Waals surface area contributed by atoms with Crippen molar-refractivity contribution in [3.05, 3.63) is 0 Å². The van der Waals surface area contributed by atoms with E-state index in [1.807, 2.05) is 0 Å². The molecule has 14 heavy (non-hydrogen) atoms. The molecule has 1 aliphatic heterocycles. The van der Waals surface area contributed by atoms with Crippen LogP contribution in [0, 0.1) is 23.7 Å². The second-order valence-electron chi connectivity index (χ2n) is 4.12. The molecule has 5 nitrogen and oxygen atoms in total. The van der Waals surface area contributed by atoms with Crippen LogP contribution in [0.4, 0.5) is 0 Å². The zero-order valence-corrected chi connectivity index (χ0v) is 8.27. The minimum atomic E-state index is -3.07. The van der Waals surface area contributed by atoms with E-state index in [9.17, 15) is 13.2 Å². The van der Waals surface area contributed by atoms with Crippen LogP contribution in [-0.2, 0) is 14.6 Å². The third-order valence-corrected chi connectivity index (χ3v) is 5.20. The second-order valence-corrected chi connectivity index (χ2v) is 6.27. The van der Waals surface area contributed by atoms with E-state index < -0.39 is 21.7 Å². The molecule has 1 saturated heterocycles. The minimum absolute atomic E-state index is 0.0227. The normalized spacial score (nSPS) is 44.1. The molecule has 80 valence electrons. The van der Waals surface area contributed by atoms with Gasteiger partial charge in [-0.2, -0.15) is 0 Å². The smallest absolute Gasteiger partial charge is 0.307 e. The summed E-state index contributed by atoms with van der Waals surface area (Å²) in [6.45, 7) is -0.229. The van der Waals surface area contributed by atoms with Crippen molar-refractivity contribution < 1.29 is 23.4 Å². The van der Waals surface area contributed by atoms with Crippen LogP contribution in [0.5, 0.6) is 0 Å². The maximum atomic E-state index is 11.2. The average Bonchev–Trinajstić information content (AvgIpc) is 2.28. The summed E-state index contributed by atoms with van der Waals surface area (Å²) in [6.07, 6.45) is 0. The fraction of sp³-hybridized carbons (Fsp3) is 0.875. The Labute approximate surface area is 81.7 Å². The molecule has 0 bridgehead atoms. The number of fused-ring (bicyclic) bond motifs is 1. The number of sulfone groups is 1. The van der Waals surface area contributed by atoms with E-state index in [4.69, 9.17) is 10.2 Å². The SMILES string of the molecule is O=C(O)C1C(CO)C2CS(=O)(=O)CC21. The van der Waals surface area contributed by atoms with Gasteiger partial charge in [0, 0.05) is 6.61 Å². The predicted molar refractivity (Wildman–Crippen MR) is 47.3 cm³/mol. The highest BCUT2D eigenvalue weighted by Gasteiger charge is 2.59. The molecule has 2 fully saturated rings. The summed E-state index contributed by atoms with van der Waals surface area (Å²) in [6, 6.07) is 0. The van der Waals surface area contributed by atoms with Gasteiger partial charge >= 0.3 is 5.97 Å². The van der Waals surface area contributed by atoms with Crippen LogP contribution in [0.1, 0.15) is 0 Å². The van der Waals surface area contributed by atoms with Crippen molar-refractivity contribution in [2.45, 2.75) is 0 Å². The molecule has 4 atom stereocenters. The first-order chi connectivity index (χ1) is 6.46. The molecule has 0 amide bonds. The molecule has 0 aromatic heterocycles. The van der Waals surface area contributed by atoms with Gasteiger partial charge in [-0.05, 0) is 17.8 Å². The number of carboxylic acids is 1. The van der Waals surface area contributed by atoms with Crippen LogP contribution in [0.3, 0.4) is 0 Å². The van der Waals surface area contributed by atoms with Crippen LogP contribution in [0.25, 0.3) is 0 Å². The Kier molecular flexibility index (Phi) is 2.08. The van der Waals surface area contributed by atoms with E-state index >= 15 is 0 Å². The lowest BCUT2D eigenvalue weighted by Gasteiger charge is -2.44. The number of rotatable bonds is 2. The van der Waals surface area contributed by atoms with Gasteiger partial charge in [-0.3, -0.25) is 4.79 Å². The summed E-state index contributed by atoms with van der Waals surface area (Å²) in [4.78, 5) is 10.8. The Morgan fingerprint density at radius 3 is 2.36 bits per heavy atom. The van der Waals surface area contributed by atoms with Gasteiger partial charge in [-0.25, -0.2) is 8.42 Å². The lowest BCUT2D eigenvalue weighted by Crippen LogP contribution is -2.51. The molecule has 0 aromatic rings. The number of carboxylic acid groups (broad SMARTS) is 1. The highest BCUT2D eigenvalue weighted by molar-refractivity contribution is 7.91. The third-order valence-electron chi connectivity index (χ3n) is 3.41. The molecule has 0 spiro atoms. The number of hydrogen-bond acceptors (Lipinski definition) is 4. The number of carbonyl (C=O) groups is 1. The van der Waals surface area contributed by atoms with Gasteiger partial charge in [-0.15, -0.1) is 0 Å². The maximum absolute atomic E-state index is 11.2. The van der Waals surface area contributed by atoms with Gasteiger partial charge in [0.1, 0.15) is 0 Å². The molecule has 2 rings (SSSR count). The van der Waals surface area contributed by atoms with E-state index in [1.54, 1.807) is 0 Å². The Morgan fingerprint density at radius 1 is 1.29 bits per heavy atom. The summed E-state index contributed by atoms with van der Waals surface area (Å²) in [5.74, 6) is -2.39. The summed E-state index contributed by atoms with van der Waals surface area (Å²) >= 11 is 0. The lowest BCUT2D eigenvalue weighted by atomic mass is 9.58. The van der Waals surface area contributed by atoms with Crippen LogP contribution in [0.2, 0.25) is 0 Å². The third kappa shape index (κ3) is 1.25. The Bertz CT molecular complexity index is 360. The van der Waals surface area contributed by atoms with E-state index in [2.05, 4.69) is 0 Å². The summed E-state index contributed by atoms with van der Waals surface area (Å²) < 4.78 is 22.5. The molecule has 1 heterocycles. The number of hydrogen-bond donors (Lipinski definition) is 2. The fourth-order valence-electron chi connectivity index (χ4n) is 2.77. The summed E-state index contributed by atoms with van der Waals surface area (Å²) in [5.41, 5.74) is 0. The lowest BCUT2D eigenvalue weighted by molar-refractivity contribution is -0.158. The van der Waals surface area contributed by atoms with E-state index in [-0.39, 0.29) is 35.9 Å². The van der Waals surface area contributed by atoms with E-state index in [0.717, 1.165) is 0 Å². The summed E-state index contributed by atoms with van der Waals surface area (Å²) in [5, 5.41) is 17.8. The van der Waals surface area contributed by atoms with Crippen LogP contribution < -0.4 is 0 Å². The summed E-state index contributed by atoms with van der Waals surface area (Å²) in [7, 11) is -3.07. The maximum Gasteiger partial charge on any atom is 0.307 e.